The molecule has 2 aliphatic rings. The summed E-state index contributed by atoms with van der Waals surface area (Å²) in [5.74, 6) is 8.08. The molecule has 0 aromatic rings. The summed E-state index contributed by atoms with van der Waals surface area (Å²) >= 11 is 1.58. The maximum Gasteiger partial charge on any atom is 0.338 e. The lowest BCUT2D eigenvalue weighted by molar-refractivity contribution is 0.129. The Kier molecular flexibility index (Phi) is 4.52. The fraction of sp³-hybridized carbons (Fsp3) is 0.750. The van der Waals surface area contributed by atoms with Gasteiger partial charge in [0, 0.05) is 18.3 Å². The van der Waals surface area contributed by atoms with Gasteiger partial charge < -0.3 is 0 Å². The molecule has 0 spiro atoms. The van der Waals surface area contributed by atoms with Gasteiger partial charge in [-0.3, -0.25) is 15.2 Å². The normalized spacial score (nSPS) is 23.1. The van der Waals surface area contributed by atoms with Gasteiger partial charge in [0.05, 0.1) is 0 Å². The molecule has 1 atom stereocenters. The van der Waals surface area contributed by atoms with Gasteiger partial charge >= 0.3 is 6.03 Å². The monoisotopic (exact) mass is 284 g/mol. The second-order valence-electron chi connectivity index (χ2n) is 5.33. The number of urea groups is 1. The first-order chi connectivity index (χ1) is 9.08. The van der Waals surface area contributed by atoms with Crippen molar-refractivity contribution in [3.63, 3.8) is 0 Å². The summed E-state index contributed by atoms with van der Waals surface area (Å²) in [6.45, 7) is 5.21. The summed E-state index contributed by atoms with van der Waals surface area (Å²) in [7, 11) is 0. The van der Waals surface area contributed by atoms with Crippen LogP contribution in [0.25, 0.3) is 0 Å². The number of nitrogens with two attached hydrogens (primary N) is 1. The maximum atomic E-state index is 11.9. The van der Waals surface area contributed by atoms with Gasteiger partial charge in [-0.15, -0.1) is 11.8 Å². The molecule has 1 saturated carbocycles. The van der Waals surface area contributed by atoms with Gasteiger partial charge in [-0.05, 0) is 18.8 Å². The van der Waals surface area contributed by atoms with Crippen LogP contribution in [0.2, 0.25) is 0 Å². The zero-order chi connectivity index (χ0) is 14.0. The van der Waals surface area contributed by atoms with Crippen LogP contribution in [0.5, 0.6) is 0 Å². The number of nitrogens with one attached hydrogen (secondary N) is 1. The van der Waals surface area contributed by atoms with E-state index >= 15 is 0 Å². The molecule has 1 aliphatic heterocycles. The topological polar surface area (TPSA) is 78.7 Å². The molecule has 0 radical (unpaired) electrons. The van der Waals surface area contributed by atoms with Crippen LogP contribution in [0, 0.1) is 5.92 Å². The minimum absolute atomic E-state index is 0.144. The molecule has 6 nitrogen and oxygen atoms in total. The van der Waals surface area contributed by atoms with Crippen LogP contribution in [0.1, 0.15) is 26.7 Å². The van der Waals surface area contributed by atoms with E-state index in [9.17, 15) is 9.59 Å². The molecule has 0 bridgehead atoms. The molecule has 1 saturated heterocycles. The van der Waals surface area contributed by atoms with E-state index < -0.39 is 6.03 Å². The highest BCUT2D eigenvalue weighted by Gasteiger charge is 2.43. The van der Waals surface area contributed by atoms with E-state index in [0.717, 1.165) is 19.4 Å². The van der Waals surface area contributed by atoms with E-state index in [2.05, 4.69) is 24.2 Å². The third-order valence-electron chi connectivity index (χ3n) is 3.22. The standard InChI is InChI=1S/C12H20N4O2S/c1-8(2)5-15(9-3-4-9)12-16(11(18)14-13)10(6-17)7-19-12/h8-9,12H,3-5,7,13H2,1-2H3,(H,14,18). The summed E-state index contributed by atoms with van der Waals surface area (Å²) in [6, 6.07) is 0.0710. The first-order valence-electron chi connectivity index (χ1n) is 6.49. The molecule has 1 unspecified atom stereocenters. The van der Waals surface area contributed by atoms with Gasteiger partial charge in [-0.1, -0.05) is 13.8 Å². The third-order valence-corrected chi connectivity index (χ3v) is 4.44. The third kappa shape index (κ3) is 3.12. The van der Waals surface area contributed by atoms with Crippen molar-refractivity contribution < 1.29 is 9.59 Å². The van der Waals surface area contributed by atoms with Crippen molar-refractivity contribution in [3.05, 3.63) is 5.70 Å². The molecule has 0 aromatic heterocycles. The average Bonchev–Trinajstić information content (AvgIpc) is 3.13. The van der Waals surface area contributed by atoms with E-state index in [1.807, 2.05) is 5.94 Å². The Morgan fingerprint density at radius 2 is 2.32 bits per heavy atom. The van der Waals surface area contributed by atoms with Crippen LogP contribution in [0.3, 0.4) is 0 Å². The smallest absolute Gasteiger partial charge is 0.275 e. The predicted molar refractivity (Wildman–Crippen MR) is 74.6 cm³/mol. The highest BCUT2D eigenvalue weighted by atomic mass is 32.2. The second kappa shape index (κ2) is 5.96. The van der Waals surface area contributed by atoms with Crippen molar-refractivity contribution in [3.8, 4) is 0 Å². The summed E-state index contributed by atoms with van der Waals surface area (Å²) in [4.78, 5) is 26.6. The lowest BCUT2D eigenvalue weighted by atomic mass is 10.2. The van der Waals surface area contributed by atoms with Gasteiger partial charge in [0.25, 0.3) is 0 Å². The van der Waals surface area contributed by atoms with Gasteiger partial charge in [-0.2, -0.15) is 0 Å². The van der Waals surface area contributed by atoms with Crippen LogP contribution in [-0.4, -0.2) is 45.6 Å². The molecule has 7 heteroatoms. The van der Waals surface area contributed by atoms with Crippen molar-refractivity contribution in [2.24, 2.45) is 11.8 Å². The van der Waals surface area contributed by atoms with Crippen LogP contribution >= 0.6 is 11.8 Å². The average molecular weight is 284 g/mol. The van der Waals surface area contributed by atoms with Crippen LogP contribution in [0.4, 0.5) is 4.79 Å². The second-order valence-corrected chi connectivity index (χ2v) is 6.37. The molecule has 1 heterocycles. The number of nitrogens with zero attached hydrogens (tertiary/aromatic N) is 2. The minimum atomic E-state index is -0.442. The van der Waals surface area contributed by atoms with Crippen molar-refractivity contribution in [1.29, 1.82) is 0 Å². The molecule has 2 amide bonds. The van der Waals surface area contributed by atoms with Crippen LogP contribution < -0.4 is 11.3 Å². The molecule has 19 heavy (non-hydrogen) atoms. The molecular formula is C12H20N4O2S. The molecule has 106 valence electrons. The number of hydrogen-bond acceptors (Lipinski definition) is 5. The number of hydrogen-bond donors (Lipinski definition) is 2. The first kappa shape index (κ1) is 14.4. The molecule has 1 aliphatic carbocycles. The Labute approximate surface area is 117 Å². The van der Waals surface area contributed by atoms with Gasteiger partial charge in [0.15, 0.2) is 0 Å². The van der Waals surface area contributed by atoms with Crippen molar-refractivity contribution >= 4 is 23.7 Å². The van der Waals surface area contributed by atoms with E-state index in [1.165, 1.54) is 4.90 Å². The van der Waals surface area contributed by atoms with Gasteiger partial charge in [0.2, 0.25) is 0 Å². The fourth-order valence-electron chi connectivity index (χ4n) is 2.29. The lowest BCUT2D eigenvalue weighted by Crippen LogP contribution is -2.52. The first-order valence-corrected chi connectivity index (χ1v) is 7.54. The molecule has 0 aromatic carbocycles. The minimum Gasteiger partial charge on any atom is -0.275 e. The van der Waals surface area contributed by atoms with Crippen LogP contribution in [0.15, 0.2) is 5.70 Å². The predicted octanol–water partition coefficient (Wildman–Crippen LogP) is 0.738. The summed E-state index contributed by atoms with van der Waals surface area (Å²) in [6.07, 6.45) is 2.31. The van der Waals surface area contributed by atoms with Crippen LogP contribution in [-0.2, 0) is 4.79 Å². The Bertz CT molecular complexity index is 405. The Balaban J connectivity index is 2.20. The van der Waals surface area contributed by atoms with E-state index in [4.69, 9.17) is 5.84 Å². The largest absolute Gasteiger partial charge is 0.338 e. The number of carbonyl (C=O) groups is 1. The number of hydrazine groups is 1. The molecule has 2 fully saturated rings. The molecule has 2 rings (SSSR count). The van der Waals surface area contributed by atoms with Crippen molar-refractivity contribution in [2.45, 2.75) is 38.2 Å². The summed E-state index contributed by atoms with van der Waals surface area (Å²) < 4.78 is 0. The zero-order valence-electron chi connectivity index (χ0n) is 11.3. The van der Waals surface area contributed by atoms with Gasteiger partial charge in [0.1, 0.15) is 17.1 Å². The summed E-state index contributed by atoms with van der Waals surface area (Å²) in [5.41, 5.74) is 2.34. The van der Waals surface area contributed by atoms with E-state index in [-0.39, 0.29) is 5.50 Å². The Morgan fingerprint density at radius 1 is 1.63 bits per heavy atom. The highest BCUT2D eigenvalue weighted by molar-refractivity contribution is 8.00. The fourth-order valence-corrected chi connectivity index (χ4v) is 3.62. The SMILES string of the molecule is CC(C)CN(C1CC1)C1SCC(=C=O)N1C(=O)NN. The summed E-state index contributed by atoms with van der Waals surface area (Å²) in [5, 5.41) is 0. The van der Waals surface area contributed by atoms with E-state index in [1.54, 1.807) is 11.8 Å². The number of rotatable bonds is 4. The van der Waals surface area contributed by atoms with Gasteiger partial charge in [-0.25, -0.2) is 15.4 Å². The van der Waals surface area contributed by atoms with E-state index in [0.29, 0.717) is 23.4 Å². The number of thioether (sulfide) groups is 1. The maximum absolute atomic E-state index is 11.9. The Hall–Kier alpha value is -1.01. The zero-order valence-corrected chi connectivity index (χ0v) is 12.1. The highest BCUT2D eigenvalue weighted by Crippen LogP contribution is 2.39. The number of amides is 2. The number of carbonyl (C=O) groups excluding carboxylic acids is 2. The van der Waals surface area contributed by atoms with Crippen molar-refractivity contribution in [2.75, 3.05) is 12.3 Å². The quantitative estimate of drug-likeness (QED) is 0.344. The lowest BCUT2D eigenvalue weighted by Gasteiger charge is -2.34. The molecular weight excluding hydrogens is 264 g/mol. The van der Waals surface area contributed by atoms with Crippen molar-refractivity contribution in [1.82, 2.24) is 15.2 Å². The molecule has 3 N–H and O–H groups in total. The Morgan fingerprint density at radius 3 is 2.79 bits per heavy atom.